The smallest absolute Gasteiger partial charge is 0.216 e. The summed E-state index contributed by atoms with van der Waals surface area (Å²) in [6.45, 7) is 5.51. The highest BCUT2D eigenvalue weighted by molar-refractivity contribution is 9.10. The quantitative estimate of drug-likeness (QED) is 0.488. The molecule has 6 heteroatoms. The van der Waals surface area contributed by atoms with Crippen LogP contribution in [0.5, 0.6) is 0 Å². The van der Waals surface area contributed by atoms with Crippen LogP contribution in [0.2, 0.25) is 0 Å². The molecule has 0 aliphatic heterocycles. The van der Waals surface area contributed by atoms with E-state index >= 15 is 0 Å². The highest BCUT2D eigenvalue weighted by Gasteiger charge is 2.25. The van der Waals surface area contributed by atoms with E-state index < -0.39 is 22.1 Å². The van der Waals surface area contributed by atoms with Gasteiger partial charge in [-0.05, 0) is 42.8 Å². The van der Waals surface area contributed by atoms with Gasteiger partial charge in [-0.3, -0.25) is 0 Å². The second-order valence-corrected chi connectivity index (χ2v) is 7.31. The SMILES string of the molecule is CC(C)(C)[S+]([O-])/N=C/Cc1cc(Br)cnc1F. The van der Waals surface area contributed by atoms with Crippen LogP contribution in [0, 0.1) is 5.95 Å². The molecule has 3 nitrogen and oxygen atoms in total. The van der Waals surface area contributed by atoms with Crippen molar-refractivity contribution in [2.24, 2.45) is 4.40 Å². The lowest BCUT2D eigenvalue weighted by atomic mass is 10.2. The van der Waals surface area contributed by atoms with Crippen molar-refractivity contribution in [1.82, 2.24) is 4.98 Å². The standard InChI is InChI=1S/C11H14BrFN2OS/c1-11(2,3)17(16)15-5-4-8-6-9(12)7-14-10(8)13/h5-7H,4H2,1-3H3/b15-5+. The summed E-state index contributed by atoms with van der Waals surface area (Å²) in [4.78, 5) is 3.57. The minimum absolute atomic E-state index is 0.278. The maximum absolute atomic E-state index is 13.3. The van der Waals surface area contributed by atoms with E-state index in [9.17, 15) is 8.94 Å². The van der Waals surface area contributed by atoms with E-state index in [1.165, 1.54) is 12.4 Å². The summed E-state index contributed by atoms with van der Waals surface area (Å²) in [6, 6.07) is 1.63. The lowest BCUT2D eigenvalue weighted by Crippen LogP contribution is -2.25. The molecule has 0 aliphatic carbocycles. The van der Waals surface area contributed by atoms with Gasteiger partial charge in [-0.15, -0.1) is 0 Å². The predicted octanol–water partition coefficient (Wildman–Crippen LogP) is 3.06. The molecule has 0 aromatic carbocycles. The van der Waals surface area contributed by atoms with E-state index in [2.05, 4.69) is 25.3 Å². The van der Waals surface area contributed by atoms with Crippen LogP contribution in [-0.2, 0) is 17.8 Å². The van der Waals surface area contributed by atoms with Gasteiger partial charge in [-0.1, -0.05) is 4.40 Å². The number of aromatic nitrogens is 1. The van der Waals surface area contributed by atoms with Gasteiger partial charge in [0.1, 0.15) is 16.1 Å². The molecule has 1 aromatic rings. The third-order valence-electron chi connectivity index (χ3n) is 1.88. The molecule has 1 aromatic heterocycles. The van der Waals surface area contributed by atoms with Crippen molar-refractivity contribution < 1.29 is 8.94 Å². The number of halogens is 2. The Morgan fingerprint density at radius 3 is 2.82 bits per heavy atom. The van der Waals surface area contributed by atoms with Crippen LogP contribution in [0.1, 0.15) is 26.3 Å². The van der Waals surface area contributed by atoms with Crippen LogP contribution in [-0.4, -0.2) is 20.5 Å². The first-order valence-corrected chi connectivity index (χ1v) is 6.95. The molecule has 0 amide bonds. The Morgan fingerprint density at radius 2 is 2.24 bits per heavy atom. The van der Waals surface area contributed by atoms with Crippen LogP contribution >= 0.6 is 15.9 Å². The molecule has 0 N–H and O–H groups in total. The summed E-state index contributed by atoms with van der Waals surface area (Å²) in [5.74, 6) is -0.527. The van der Waals surface area contributed by atoms with Crippen LogP contribution in [0.3, 0.4) is 0 Å². The molecular formula is C11H14BrFN2OS. The molecular weight excluding hydrogens is 307 g/mol. The molecule has 1 unspecified atom stereocenters. The number of hydrogen-bond acceptors (Lipinski definition) is 3. The van der Waals surface area contributed by atoms with Gasteiger partial charge in [0.05, 0.1) is 6.21 Å². The van der Waals surface area contributed by atoms with Crippen molar-refractivity contribution in [1.29, 1.82) is 0 Å². The fourth-order valence-electron chi connectivity index (χ4n) is 0.969. The third kappa shape index (κ3) is 4.73. The summed E-state index contributed by atoms with van der Waals surface area (Å²) in [5.41, 5.74) is 0.425. The lowest BCUT2D eigenvalue weighted by Gasteiger charge is -2.17. The molecule has 0 fully saturated rings. The second kappa shape index (κ2) is 5.93. The minimum Gasteiger partial charge on any atom is -0.591 e. The van der Waals surface area contributed by atoms with Gasteiger partial charge in [-0.2, -0.15) is 4.39 Å². The fourth-order valence-corrected chi connectivity index (χ4v) is 1.87. The lowest BCUT2D eigenvalue weighted by molar-refractivity contribution is 0.561. The summed E-state index contributed by atoms with van der Waals surface area (Å²) < 4.78 is 29.1. The molecule has 1 atom stereocenters. The van der Waals surface area contributed by atoms with E-state index in [0.717, 1.165) is 0 Å². The van der Waals surface area contributed by atoms with Crippen LogP contribution < -0.4 is 0 Å². The van der Waals surface area contributed by atoms with Gasteiger partial charge >= 0.3 is 0 Å². The normalized spacial score (nSPS) is 14.2. The van der Waals surface area contributed by atoms with Crippen LogP contribution in [0.4, 0.5) is 4.39 Å². The van der Waals surface area contributed by atoms with Crippen molar-refractivity contribution in [3.8, 4) is 0 Å². The molecule has 1 heterocycles. The van der Waals surface area contributed by atoms with Gasteiger partial charge < -0.3 is 4.55 Å². The Morgan fingerprint density at radius 1 is 1.59 bits per heavy atom. The first kappa shape index (κ1) is 14.6. The van der Waals surface area contributed by atoms with E-state index in [1.54, 1.807) is 6.07 Å². The average Bonchev–Trinajstić information content (AvgIpc) is 2.21. The molecule has 94 valence electrons. The van der Waals surface area contributed by atoms with E-state index in [-0.39, 0.29) is 6.42 Å². The topological polar surface area (TPSA) is 48.3 Å². The fraction of sp³-hybridized carbons (Fsp3) is 0.455. The van der Waals surface area contributed by atoms with Crippen molar-refractivity contribution >= 4 is 33.5 Å². The zero-order chi connectivity index (χ0) is 13.1. The predicted molar refractivity (Wildman–Crippen MR) is 72.0 cm³/mol. The number of rotatable bonds is 3. The van der Waals surface area contributed by atoms with E-state index in [0.29, 0.717) is 10.0 Å². The third-order valence-corrected chi connectivity index (χ3v) is 3.71. The van der Waals surface area contributed by atoms with E-state index in [1.807, 2.05) is 20.8 Å². The van der Waals surface area contributed by atoms with Crippen LogP contribution in [0.15, 0.2) is 21.1 Å². The largest absolute Gasteiger partial charge is 0.591 e. The van der Waals surface area contributed by atoms with Crippen molar-refractivity contribution in [3.05, 3.63) is 28.2 Å². The number of pyridine rings is 1. The molecule has 0 bridgehead atoms. The zero-order valence-electron chi connectivity index (χ0n) is 9.91. The molecule has 17 heavy (non-hydrogen) atoms. The Labute approximate surface area is 112 Å². The van der Waals surface area contributed by atoms with Gasteiger partial charge in [0.25, 0.3) is 0 Å². The summed E-state index contributed by atoms with van der Waals surface area (Å²) in [5, 5.41) is 0. The maximum atomic E-state index is 13.3. The van der Waals surface area contributed by atoms with Crippen molar-refractivity contribution in [3.63, 3.8) is 0 Å². The maximum Gasteiger partial charge on any atom is 0.216 e. The van der Waals surface area contributed by atoms with Crippen molar-refractivity contribution in [2.45, 2.75) is 31.9 Å². The van der Waals surface area contributed by atoms with E-state index in [4.69, 9.17) is 0 Å². The van der Waals surface area contributed by atoms with Gasteiger partial charge in [-0.25, -0.2) is 4.98 Å². The highest BCUT2D eigenvalue weighted by atomic mass is 79.9. The average molecular weight is 321 g/mol. The van der Waals surface area contributed by atoms with Crippen LogP contribution in [0.25, 0.3) is 0 Å². The summed E-state index contributed by atoms with van der Waals surface area (Å²) in [6.07, 6.45) is 3.14. The summed E-state index contributed by atoms with van der Waals surface area (Å²) in [7, 11) is 0. The Bertz CT molecular complexity index is 420. The van der Waals surface area contributed by atoms with Gasteiger partial charge in [0, 0.05) is 22.7 Å². The Kier molecular flexibility index (Phi) is 5.09. The number of hydrogen-bond donors (Lipinski definition) is 0. The molecule has 0 saturated carbocycles. The molecule has 0 spiro atoms. The Balaban J connectivity index is 2.67. The molecule has 1 rings (SSSR count). The van der Waals surface area contributed by atoms with Gasteiger partial charge in [0.15, 0.2) is 0 Å². The molecule has 0 aliphatic rings. The Hall–Kier alpha value is -0.460. The first-order chi connectivity index (χ1) is 7.80. The second-order valence-electron chi connectivity index (χ2n) is 4.46. The monoisotopic (exact) mass is 320 g/mol. The first-order valence-electron chi connectivity index (χ1n) is 5.05. The number of nitrogens with zero attached hydrogens (tertiary/aromatic N) is 2. The molecule has 0 saturated heterocycles. The molecule has 0 radical (unpaired) electrons. The minimum atomic E-state index is -1.31. The zero-order valence-corrected chi connectivity index (χ0v) is 12.3. The highest BCUT2D eigenvalue weighted by Crippen LogP contribution is 2.17. The van der Waals surface area contributed by atoms with Gasteiger partial charge in [0.2, 0.25) is 5.95 Å². The van der Waals surface area contributed by atoms with Crippen molar-refractivity contribution in [2.75, 3.05) is 0 Å². The summed E-state index contributed by atoms with van der Waals surface area (Å²) >= 11 is 1.91.